The summed E-state index contributed by atoms with van der Waals surface area (Å²) in [5.74, 6) is 1.71. The van der Waals surface area contributed by atoms with Crippen molar-refractivity contribution in [2.24, 2.45) is 0 Å². The number of H-pyrrole nitrogens is 2. The molecule has 7 heteroatoms. The van der Waals surface area contributed by atoms with Gasteiger partial charge in [0, 0.05) is 30.9 Å². The van der Waals surface area contributed by atoms with Crippen LogP contribution in [-0.2, 0) is 24.1 Å². The minimum atomic E-state index is -0.0496. The molecular weight excluding hydrogens is 354 g/mol. The summed E-state index contributed by atoms with van der Waals surface area (Å²) in [4.78, 5) is 23.6. The Morgan fingerprint density at radius 1 is 1.21 bits per heavy atom. The first-order valence-electron chi connectivity index (χ1n) is 10.7. The van der Waals surface area contributed by atoms with Crippen LogP contribution in [0.15, 0.2) is 0 Å². The fourth-order valence-electron chi connectivity index (χ4n) is 5.06. The van der Waals surface area contributed by atoms with Crippen molar-refractivity contribution in [1.29, 1.82) is 0 Å². The lowest BCUT2D eigenvalue weighted by Crippen LogP contribution is -2.37. The number of rotatable bonds is 2. The standard InChI is InChI=1S/C21H29N5O2/c1-12-10-15-18(13(2)28-12)24-25-19(15)21(27)26-9-8-16-17(11-26)23-20(22-16)14-6-4-3-5-7-14/h12-14H,3-11H2,1-2H3,(H,22,23)(H,24,25)/t12-,13+/m1/s1. The van der Waals surface area contributed by atoms with E-state index in [4.69, 9.17) is 9.72 Å². The summed E-state index contributed by atoms with van der Waals surface area (Å²) in [6.45, 7) is 5.35. The Bertz CT molecular complexity index is 879. The van der Waals surface area contributed by atoms with Gasteiger partial charge in [-0.25, -0.2) is 4.98 Å². The lowest BCUT2D eigenvalue weighted by Gasteiger charge is -2.28. The van der Waals surface area contributed by atoms with Crippen molar-refractivity contribution >= 4 is 5.91 Å². The largest absolute Gasteiger partial charge is 0.369 e. The van der Waals surface area contributed by atoms with Gasteiger partial charge < -0.3 is 14.6 Å². The van der Waals surface area contributed by atoms with Crippen molar-refractivity contribution in [3.05, 3.63) is 34.2 Å². The number of imidazole rings is 1. The number of carbonyl (C=O) groups excluding carboxylic acids is 1. The lowest BCUT2D eigenvalue weighted by molar-refractivity contribution is -0.00702. The molecule has 5 rings (SSSR count). The number of carbonyl (C=O) groups is 1. The fraction of sp³-hybridized carbons (Fsp3) is 0.667. The van der Waals surface area contributed by atoms with E-state index in [0.29, 0.717) is 24.7 Å². The number of hydrogen-bond donors (Lipinski definition) is 2. The molecule has 1 fully saturated rings. The first-order valence-corrected chi connectivity index (χ1v) is 10.7. The van der Waals surface area contributed by atoms with Crippen molar-refractivity contribution in [3.8, 4) is 0 Å². The number of hydrogen-bond acceptors (Lipinski definition) is 4. The topological polar surface area (TPSA) is 86.9 Å². The normalized spacial score (nSPS) is 25.4. The molecule has 4 heterocycles. The van der Waals surface area contributed by atoms with Gasteiger partial charge in [-0.3, -0.25) is 9.89 Å². The predicted molar refractivity (Wildman–Crippen MR) is 104 cm³/mol. The van der Waals surface area contributed by atoms with Gasteiger partial charge in [-0.2, -0.15) is 5.10 Å². The van der Waals surface area contributed by atoms with E-state index >= 15 is 0 Å². The molecule has 150 valence electrons. The second-order valence-electron chi connectivity index (χ2n) is 8.62. The van der Waals surface area contributed by atoms with Gasteiger partial charge in [0.05, 0.1) is 35.8 Å². The molecule has 1 aliphatic carbocycles. The van der Waals surface area contributed by atoms with Gasteiger partial charge >= 0.3 is 0 Å². The van der Waals surface area contributed by atoms with Crippen molar-refractivity contribution in [1.82, 2.24) is 25.1 Å². The lowest BCUT2D eigenvalue weighted by atomic mass is 9.89. The third kappa shape index (κ3) is 3.05. The summed E-state index contributed by atoms with van der Waals surface area (Å²) in [6.07, 6.45) is 7.99. The maximum atomic E-state index is 13.2. The fourth-order valence-corrected chi connectivity index (χ4v) is 5.06. The van der Waals surface area contributed by atoms with Gasteiger partial charge in [0.25, 0.3) is 5.91 Å². The molecule has 0 bridgehead atoms. The number of nitrogens with zero attached hydrogens (tertiary/aromatic N) is 3. The molecular formula is C21H29N5O2. The molecule has 2 N–H and O–H groups in total. The van der Waals surface area contributed by atoms with E-state index in [1.165, 1.54) is 32.1 Å². The molecule has 2 aliphatic heterocycles. The zero-order chi connectivity index (χ0) is 19.3. The second-order valence-corrected chi connectivity index (χ2v) is 8.62. The Morgan fingerprint density at radius 2 is 2.04 bits per heavy atom. The summed E-state index contributed by atoms with van der Waals surface area (Å²) in [7, 11) is 0. The summed E-state index contributed by atoms with van der Waals surface area (Å²) in [5, 5.41) is 7.41. The van der Waals surface area contributed by atoms with Crippen LogP contribution in [0.25, 0.3) is 0 Å². The van der Waals surface area contributed by atoms with E-state index in [-0.39, 0.29) is 18.1 Å². The molecule has 3 aliphatic rings. The zero-order valence-electron chi connectivity index (χ0n) is 16.8. The first-order chi connectivity index (χ1) is 13.6. The van der Waals surface area contributed by atoms with Gasteiger partial charge in [-0.05, 0) is 26.7 Å². The van der Waals surface area contributed by atoms with E-state index in [1.54, 1.807) is 0 Å². The maximum Gasteiger partial charge on any atom is 0.275 e. The van der Waals surface area contributed by atoms with Crippen molar-refractivity contribution in [2.45, 2.75) is 83.5 Å². The average Bonchev–Trinajstić information content (AvgIpc) is 3.31. The summed E-state index contributed by atoms with van der Waals surface area (Å²) in [5.41, 5.74) is 4.78. The quantitative estimate of drug-likeness (QED) is 0.832. The second kappa shape index (κ2) is 7.03. The molecule has 0 aromatic carbocycles. The molecule has 1 saturated carbocycles. The highest BCUT2D eigenvalue weighted by atomic mass is 16.5. The van der Waals surface area contributed by atoms with Gasteiger partial charge in [-0.1, -0.05) is 19.3 Å². The minimum Gasteiger partial charge on any atom is -0.369 e. The van der Waals surface area contributed by atoms with E-state index in [2.05, 4.69) is 15.2 Å². The monoisotopic (exact) mass is 383 g/mol. The van der Waals surface area contributed by atoms with Crippen LogP contribution in [0.2, 0.25) is 0 Å². The van der Waals surface area contributed by atoms with E-state index in [1.807, 2.05) is 18.7 Å². The third-order valence-corrected chi connectivity index (χ3v) is 6.57. The number of fused-ring (bicyclic) bond motifs is 2. The Hall–Kier alpha value is -2.15. The van der Waals surface area contributed by atoms with Gasteiger partial charge in [0.15, 0.2) is 5.69 Å². The Balaban J connectivity index is 1.35. The van der Waals surface area contributed by atoms with Crippen LogP contribution in [0.5, 0.6) is 0 Å². The molecule has 2 atom stereocenters. The molecule has 2 aromatic heterocycles. The van der Waals surface area contributed by atoms with Crippen LogP contribution in [0.3, 0.4) is 0 Å². The van der Waals surface area contributed by atoms with Crippen LogP contribution in [0, 0.1) is 0 Å². The first kappa shape index (κ1) is 17.9. The SMILES string of the molecule is C[C@@H]1Cc2c(C(=O)N3CCc4nc(C5CCCCC5)[nH]c4C3)n[nH]c2[C@H](C)O1. The molecule has 0 unspecified atom stereocenters. The zero-order valence-corrected chi connectivity index (χ0v) is 16.8. The Labute approximate surface area is 165 Å². The number of aromatic nitrogens is 4. The number of nitrogens with one attached hydrogen (secondary N) is 2. The van der Waals surface area contributed by atoms with Crippen molar-refractivity contribution < 1.29 is 9.53 Å². The minimum absolute atomic E-state index is 0.0123. The van der Waals surface area contributed by atoms with Gasteiger partial charge in [0.2, 0.25) is 0 Å². The highest BCUT2D eigenvalue weighted by molar-refractivity contribution is 5.94. The summed E-state index contributed by atoms with van der Waals surface area (Å²) < 4.78 is 5.85. The van der Waals surface area contributed by atoms with Crippen LogP contribution < -0.4 is 0 Å². The number of ether oxygens (including phenoxy) is 1. The molecule has 0 spiro atoms. The molecule has 28 heavy (non-hydrogen) atoms. The maximum absolute atomic E-state index is 13.2. The highest BCUT2D eigenvalue weighted by Gasteiger charge is 2.33. The average molecular weight is 383 g/mol. The highest BCUT2D eigenvalue weighted by Crippen LogP contribution is 2.33. The van der Waals surface area contributed by atoms with Crippen LogP contribution >= 0.6 is 0 Å². The van der Waals surface area contributed by atoms with Gasteiger partial charge in [-0.15, -0.1) is 0 Å². The summed E-state index contributed by atoms with van der Waals surface area (Å²) in [6, 6.07) is 0. The van der Waals surface area contributed by atoms with Crippen LogP contribution in [0.1, 0.15) is 96.9 Å². The van der Waals surface area contributed by atoms with Crippen molar-refractivity contribution in [3.63, 3.8) is 0 Å². The van der Waals surface area contributed by atoms with E-state index in [9.17, 15) is 4.79 Å². The van der Waals surface area contributed by atoms with Gasteiger partial charge in [0.1, 0.15) is 5.82 Å². The molecule has 2 aromatic rings. The van der Waals surface area contributed by atoms with E-state index in [0.717, 1.165) is 41.3 Å². The molecule has 7 nitrogen and oxygen atoms in total. The molecule has 1 amide bonds. The summed E-state index contributed by atoms with van der Waals surface area (Å²) >= 11 is 0. The Kier molecular flexibility index (Phi) is 4.50. The molecule has 0 saturated heterocycles. The smallest absolute Gasteiger partial charge is 0.275 e. The van der Waals surface area contributed by atoms with Crippen LogP contribution in [0.4, 0.5) is 0 Å². The number of amides is 1. The Morgan fingerprint density at radius 3 is 2.86 bits per heavy atom. The van der Waals surface area contributed by atoms with Crippen molar-refractivity contribution in [2.75, 3.05) is 6.54 Å². The van der Waals surface area contributed by atoms with E-state index < -0.39 is 0 Å². The predicted octanol–water partition coefficient (Wildman–Crippen LogP) is 3.40. The van der Waals surface area contributed by atoms with Crippen LogP contribution in [-0.4, -0.2) is 43.6 Å². The number of aromatic amines is 2. The molecule has 0 radical (unpaired) electrons. The third-order valence-electron chi connectivity index (χ3n) is 6.57.